The number of rotatable bonds is 4. The molecule has 1 heterocycles. The van der Waals surface area contributed by atoms with Crippen molar-refractivity contribution in [3.8, 4) is 0 Å². The van der Waals surface area contributed by atoms with E-state index in [1.165, 1.54) is 0 Å². The summed E-state index contributed by atoms with van der Waals surface area (Å²) in [6.45, 7) is 4.68. The van der Waals surface area contributed by atoms with Gasteiger partial charge in [0.15, 0.2) is 0 Å². The lowest BCUT2D eigenvalue weighted by Gasteiger charge is -2.26. The molecule has 0 aliphatic carbocycles. The number of carbonyl (C=O) groups is 2. The molecule has 5 nitrogen and oxygen atoms in total. The first kappa shape index (κ1) is 14.5. The van der Waals surface area contributed by atoms with Crippen molar-refractivity contribution in [1.82, 2.24) is 5.32 Å². The number of hydrogen-bond donors (Lipinski definition) is 3. The molecule has 0 bridgehead atoms. The van der Waals surface area contributed by atoms with Gasteiger partial charge in [-0.3, -0.25) is 9.59 Å². The molecule has 1 fully saturated rings. The molecule has 0 aromatic heterocycles. The lowest BCUT2D eigenvalue weighted by atomic mass is 9.93. The second kappa shape index (κ2) is 5.63. The standard InChI is InChI=1S/C15H21N3O2/c1-3-15(7-4-8-17-15)14(20)18-11-6-5-10(2)12(9-11)13(16)19/h5-6,9,17H,3-4,7-8H2,1-2H3,(H2,16,19)(H,18,20). The molecule has 1 aromatic carbocycles. The van der Waals surface area contributed by atoms with Crippen LogP contribution in [-0.2, 0) is 4.79 Å². The number of nitrogens with two attached hydrogens (primary N) is 1. The minimum atomic E-state index is -0.488. The van der Waals surface area contributed by atoms with Crippen LogP contribution in [0.4, 0.5) is 5.69 Å². The van der Waals surface area contributed by atoms with Gasteiger partial charge in [-0.15, -0.1) is 0 Å². The van der Waals surface area contributed by atoms with E-state index in [1.54, 1.807) is 18.2 Å². The van der Waals surface area contributed by atoms with E-state index in [2.05, 4.69) is 10.6 Å². The Hall–Kier alpha value is -1.88. The number of aryl methyl sites for hydroxylation is 1. The van der Waals surface area contributed by atoms with E-state index in [-0.39, 0.29) is 5.91 Å². The van der Waals surface area contributed by atoms with E-state index >= 15 is 0 Å². The summed E-state index contributed by atoms with van der Waals surface area (Å²) in [5.41, 5.74) is 6.69. The average Bonchev–Trinajstić information content (AvgIpc) is 2.90. The van der Waals surface area contributed by atoms with Crippen molar-refractivity contribution < 1.29 is 9.59 Å². The van der Waals surface area contributed by atoms with E-state index < -0.39 is 11.4 Å². The summed E-state index contributed by atoms with van der Waals surface area (Å²) in [4.78, 5) is 23.8. The minimum absolute atomic E-state index is 0.0447. The number of hydrogen-bond acceptors (Lipinski definition) is 3. The van der Waals surface area contributed by atoms with Gasteiger partial charge in [0.05, 0.1) is 5.54 Å². The maximum Gasteiger partial charge on any atom is 0.249 e. The van der Waals surface area contributed by atoms with Crippen LogP contribution in [0.25, 0.3) is 0 Å². The lowest BCUT2D eigenvalue weighted by Crippen LogP contribution is -2.50. The van der Waals surface area contributed by atoms with Gasteiger partial charge in [0.2, 0.25) is 11.8 Å². The van der Waals surface area contributed by atoms with Crippen molar-refractivity contribution >= 4 is 17.5 Å². The third-order valence-corrected chi connectivity index (χ3v) is 4.04. The summed E-state index contributed by atoms with van der Waals surface area (Å²) >= 11 is 0. The van der Waals surface area contributed by atoms with Gasteiger partial charge in [0.1, 0.15) is 0 Å². The van der Waals surface area contributed by atoms with Gasteiger partial charge in [-0.25, -0.2) is 0 Å². The van der Waals surface area contributed by atoms with Crippen LogP contribution in [0.2, 0.25) is 0 Å². The highest BCUT2D eigenvalue weighted by molar-refractivity contribution is 6.00. The normalized spacial score (nSPS) is 21.7. The van der Waals surface area contributed by atoms with Gasteiger partial charge in [0.25, 0.3) is 0 Å². The van der Waals surface area contributed by atoms with Crippen LogP contribution in [0, 0.1) is 6.92 Å². The summed E-state index contributed by atoms with van der Waals surface area (Å²) in [5.74, 6) is -0.528. The largest absolute Gasteiger partial charge is 0.366 e. The highest BCUT2D eigenvalue weighted by Crippen LogP contribution is 2.25. The Balaban J connectivity index is 2.19. The molecule has 4 N–H and O–H groups in total. The molecule has 2 rings (SSSR count). The number of nitrogens with one attached hydrogen (secondary N) is 2. The fraction of sp³-hybridized carbons (Fsp3) is 0.467. The van der Waals surface area contributed by atoms with Crippen molar-refractivity contribution in [3.63, 3.8) is 0 Å². The molecule has 0 radical (unpaired) electrons. The SMILES string of the molecule is CCC1(C(=O)Nc2ccc(C)c(C(N)=O)c2)CCCN1. The first-order valence-electron chi connectivity index (χ1n) is 6.95. The topological polar surface area (TPSA) is 84.2 Å². The maximum absolute atomic E-state index is 12.4. The Morgan fingerprint density at radius 1 is 1.45 bits per heavy atom. The third kappa shape index (κ3) is 2.67. The second-order valence-electron chi connectivity index (χ2n) is 5.31. The van der Waals surface area contributed by atoms with E-state index in [0.29, 0.717) is 11.3 Å². The fourth-order valence-corrected chi connectivity index (χ4v) is 2.68. The van der Waals surface area contributed by atoms with Crippen molar-refractivity contribution in [2.75, 3.05) is 11.9 Å². The first-order valence-corrected chi connectivity index (χ1v) is 6.95. The highest BCUT2D eigenvalue weighted by atomic mass is 16.2. The smallest absolute Gasteiger partial charge is 0.249 e. The predicted octanol–water partition coefficient (Wildman–Crippen LogP) is 1.56. The van der Waals surface area contributed by atoms with Crippen LogP contribution < -0.4 is 16.4 Å². The van der Waals surface area contributed by atoms with Gasteiger partial charge in [-0.05, 0) is 50.4 Å². The molecule has 20 heavy (non-hydrogen) atoms. The zero-order valence-electron chi connectivity index (χ0n) is 12.0. The predicted molar refractivity (Wildman–Crippen MR) is 78.6 cm³/mol. The summed E-state index contributed by atoms with van der Waals surface area (Å²) < 4.78 is 0. The zero-order valence-corrected chi connectivity index (χ0v) is 12.0. The van der Waals surface area contributed by atoms with Crippen LogP contribution in [0.1, 0.15) is 42.1 Å². The molecular weight excluding hydrogens is 254 g/mol. The van der Waals surface area contributed by atoms with Crippen molar-refractivity contribution in [2.24, 2.45) is 5.73 Å². The van der Waals surface area contributed by atoms with Crippen molar-refractivity contribution in [1.29, 1.82) is 0 Å². The van der Waals surface area contributed by atoms with Crippen LogP contribution in [-0.4, -0.2) is 23.9 Å². The number of anilines is 1. The Morgan fingerprint density at radius 3 is 2.75 bits per heavy atom. The van der Waals surface area contributed by atoms with Crippen molar-refractivity contribution in [3.05, 3.63) is 29.3 Å². The monoisotopic (exact) mass is 275 g/mol. The summed E-state index contributed by atoms with van der Waals surface area (Å²) in [6.07, 6.45) is 2.58. The molecule has 1 saturated heterocycles. The molecule has 1 atom stereocenters. The van der Waals surface area contributed by atoms with Gasteiger partial charge >= 0.3 is 0 Å². The van der Waals surface area contributed by atoms with Crippen LogP contribution in [0.3, 0.4) is 0 Å². The first-order chi connectivity index (χ1) is 9.48. The summed E-state index contributed by atoms with van der Waals surface area (Å²) in [6, 6.07) is 5.21. The third-order valence-electron chi connectivity index (χ3n) is 4.04. The van der Waals surface area contributed by atoms with E-state index in [4.69, 9.17) is 5.73 Å². The Kier molecular flexibility index (Phi) is 4.09. The molecule has 108 valence electrons. The van der Waals surface area contributed by atoms with Gasteiger partial charge in [-0.1, -0.05) is 13.0 Å². The summed E-state index contributed by atoms with van der Waals surface area (Å²) in [7, 11) is 0. The number of carbonyl (C=O) groups excluding carboxylic acids is 2. The Bertz CT molecular complexity index is 534. The molecule has 2 amide bonds. The minimum Gasteiger partial charge on any atom is -0.366 e. The zero-order chi connectivity index (χ0) is 14.8. The molecule has 1 unspecified atom stereocenters. The average molecular weight is 275 g/mol. The van der Waals surface area contributed by atoms with Crippen LogP contribution in [0.5, 0.6) is 0 Å². The quantitative estimate of drug-likeness (QED) is 0.779. The van der Waals surface area contributed by atoms with Crippen LogP contribution >= 0.6 is 0 Å². The number of benzene rings is 1. The second-order valence-corrected chi connectivity index (χ2v) is 5.31. The molecule has 0 spiro atoms. The molecule has 1 aliphatic heterocycles. The molecular formula is C15H21N3O2. The number of primary amides is 1. The number of amides is 2. The Morgan fingerprint density at radius 2 is 2.20 bits per heavy atom. The lowest BCUT2D eigenvalue weighted by molar-refractivity contribution is -0.122. The van der Waals surface area contributed by atoms with E-state index in [0.717, 1.165) is 31.4 Å². The van der Waals surface area contributed by atoms with E-state index in [1.807, 2.05) is 13.8 Å². The Labute approximate surface area is 118 Å². The van der Waals surface area contributed by atoms with Crippen LogP contribution in [0.15, 0.2) is 18.2 Å². The van der Waals surface area contributed by atoms with Gasteiger partial charge in [-0.2, -0.15) is 0 Å². The highest BCUT2D eigenvalue weighted by Gasteiger charge is 2.39. The molecule has 1 aliphatic rings. The van der Waals surface area contributed by atoms with Crippen molar-refractivity contribution in [2.45, 2.75) is 38.6 Å². The van der Waals surface area contributed by atoms with Gasteiger partial charge < -0.3 is 16.4 Å². The molecule has 0 saturated carbocycles. The molecule has 1 aromatic rings. The van der Waals surface area contributed by atoms with Gasteiger partial charge in [0, 0.05) is 11.3 Å². The summed E-state index contributed by atoms with van der Waals surface area (Å²) in [5, 5.41) is 6.17. The fourth-order valence-electron chi connectivity index (χ4n) is 2.68. The van der Waals surface area contributed by atoms with E-state index in [9.17, 15) is 9.59 Å². The molecule has 5 heteroatoms. The maximum atomic E-state index is 12.4.